The molecule has 0 bridgehead atoms. The number of anilines is 1. The molecular formula is C24H29N5O2S. The number of likely N-dealkylation sites (N-methyl/N-ethyl adjacent to an activating group) is 1. The highest BCUT2D eigenvalue weighted by atomic mass is 32.1. The Balaban J connectivity index is 1.56. The second kappa shape index (κ2) is 9.26. The van der Waals surface area contributed by atoms with Gasteiger partial charge in [-0.25, -0.2) is 0 Å². The van der Waals surface area contributed by atoms with Crippen molar-refractivity contribution >= 4 is 22.9 Å². The average Bonchev–Trinajstić information content (AvgIpc) is 3.40. The Labute approximate surface area is 192 Å². The summed E-state index contributed by atoms with van der Waals surface area (Å²) in [4.78, 5) is 13.6. The van der Waals surface area contributed by atoms with Crippen LogP contribution in [0.4, 0.5) is 5.69 Å². The molecule has 3 aromatic rings. The summed E-state index contributed by atoms with van der Waals surface area (Å²) in [5.41, 5.74) is 11.3. The molecule has 168 valence electrons. The summed E-state index contributed by atoms with van der Waals surface area (Å²) in [6, 6.07) is 12.2. The maximum Gasteiger partial charge on any atom is 0.236 e. The van der Waals surface area contributed by atoms with E-state index >= 15 is 0 Å². The lowest BCUT2D eigenvalue weighted by atomic mass is 10.0. The maximum absolute atomic E-state index is 12.0. The SMILES string of the molecule is CC(C)Oc1ccc(-c2nnc(-c3cccc4c3CC[C@@H]4NCC(=O)N(C)C)s2)cc1N. The Morgan fingerprint density at radius 3 is 2.75 bits per heavy atom. The van der Waals surface area contributed by atoms with Crippen LogP contribution in [0.1, 0.15) is 37.4 Å². The van der Waals surface area contributed by atoms with Gasteiger partial charge in [0.25, 0.3) is 0 Å². The van der Waals surface area contributed by atoms with Crippen molar-refractivity contribution in [1.29, 1.82) is 0 Å². The summed E-state index contributed by atoms with van der Waals surface area (Å²) in [6.07, 6.45) is 1.98. The number of carbonyl (C=O) groups is 1. The fraction of sp³-hybridized carbons (Fsp3) is 0.375. The molecule has 1 aromatic heterocycles. The van der Waals surface area contributed by atoms with Crippen LogP contribution >= 0.6 is 11.3 Å². The molecule has 0 saturated carbocycles. The largest absolute Gasteiger partial charge is 0.489 e. The van der Waals surface area contributed by atoms with Gasteiger partial charge in [-0.2, -0.15) is 0 Å². The zero-order chi connectivity index (χ0) is 22.8. The lowest BCUT2D eigenvalue weighted by molar-refractivity contribution is -0.127. The van der Waals surface area contributed by atoms with E-state index in [-0.39, 0.29) is 18.1 Å². The number of nitrogens with two attached hydrogens (primary N) is 1. The van der Waals surface area contributed by atoms with E-state index in [0.29, 0.717) is 18.0 Å². The van der Waals surface area contributed by atoms with Gasteiger partial charge >= 0.3 is 0 Å². The van der Waals surface area contributed by atoms with E-state index in [2.05, 4.69) is 33.7 Å². The van der Waals surface area contributed by atoms with Crippen LogP contribution in [-0.2, 0) is 11.2 Å². The number of benzene rings is 2. The van der Waals surface area contributed by atoms with Crippen molar-refractivity contribution in [3.8, 4) is 26.9 Å². The van der Waals surface area contributed by atoms with E-state index in [1.54, 1.807) is 30.3 Å². The summed E-state index contributed by atoms with van der Waals surface area (Å²) >= 11 is 1.56. The van der Waals surface area contributed by atoms with E-state index in [1.165, 1.54) is 11.1 Å². The quantitative estimate of drug-likeness (QED) is 0.529. The van der Waals surface area contributed by atoms with Crippen molar-refractivity contribution < 1.29 is 9.53 Å². The molecule has 0 spiro atoms. The van der Waals surface area contributed by atoms with E-state index in [9.17, 15) is 4.79 Å². The highest BCUT2D eigenvalue weighted by molar-refractivity contribution is 7.17. The van der Waals surface area contributed by atoms with Crippen molar-refractivity contribution in [3.63, 3.8) is 0 Å². The number of amides is 1. The molecule has 8 heteroatoms. The molecule has 0 unspecified atom stereocenters. The van der Waals surface area contributed by atoms with E-state index < -0.39 is 0 Å². The van der Waals surface area contributed by atoms with Crippen molar-refractivity contribution in [3.05, 3.63) is 47.5 Å². The van der Waals surface area contributed by atoms with Gasteiger partial charge in [0.15, 0.2) is 0 Å². The van der Waals surface area contributed by atoms with Crippen molar-refractivity contribution in [2.24, 2.45) is 0 Å². The summed E-state index contributed by atoms with van der Waals surface area (Å²) < 4.78 is 5.73. The summed E-state index contributed by atoms with van der Waals surface area (Å²) in [5, 5.41) is 14.0. The van der Waals surface area contributed by atoms with E-state index in [1.807, 2.05) is 32.0 Å². The molecule has 1 aliphatic rings. The molecule has 0 aliphatic heterocycles. The fourth-order valence-electron chi connectivity index (χ4n) is 3.93. The molecule has 2 aromatic carbocycles. The number of nitrogens with zero attached hydrogens (tertiary/aromatic N) is 3. The zero-order valence-electron chi connectivity index (χ0n) is 18.9. The normalized spacial score (nSPS) is 15.1. The highest BCUT2D eigenvalue weighted by Gasteiger charge is 2.26. The lowest BCUT2D eigenvalue weighted by Crippen LogP contribution is -2.34. The summed E-state index contributed by atoms with van der Waals surface area (Å²) in [6.45, 7) is 4.29. The third-order valence-electron chi connectivity index (χ3n) is 5.54. The number of rotatable bonds is 7. The monoisotopic (exact) mass is 451 g/mol. The van der Waals surface area contributed by atoms with Gasteiger partial charge in [0.05, 0.1) is 18.3 Å². The van der Waals surface area contributed by atoms with E-state index in [4.69, 9.17) is 10.5 Å². The first-order valence-corrected chi connectivity index (χ1v) is 11.6. The third-order valence-corrected chi connectivity index (χ3v) is 6.55. The van der Waals surface area contributed by atoms with Gasteiger partial charge in [0.2, 0.25) is 5.91 Å². The van der Waals surface area contributed by atoms with Crippen LogP contribution < -0.4 is 15.8 Å². The molecule has 1 heterocycles. The number of hydrogen-bond acceptors (Lipinski definition) is 7. The molecule has 4 rings (SSSR count). The number of ether oxygens (including phenoxy) is 1. The molecule has 1 aliphatic carbocycles. The lowest BCUT2D eigenvalue weighted by Gasteiger charge is -2.16. The maximum atomic E-state index is 12.0. The second-order valence-electron chi connectivity index (χ2n) is 8.47. The van der Waals surface area contributed by atoms with Gasteiger partial charge < -0.3 is 20.7 Å². The first kappa shape index (κ1) is 22.2. The van der Waals surface area contributed by atoms with Crippen LogP contribution in [0.5, 0.6) is 5.75 Å². The number of nitrogen functional groups attached to an aromatic ring is 1. The summed E-state index contributed by atoms with van der Waals surface area (Å²) in [7, 11) is 3.55. The minimum absolute atomic E-state index is 0.0655. The fourth-order valence-corrected chi connectivity index (χ4v) is 4.82. The third kappa shape index (κ3) is 4.61. The Morgan fingerprint density at radius 1 is 1.25 bits per heavy atom. The molecule has 7 nitrogen and oxygen atoms in total. The Hall–Kier alpha value is -2.97. The molecule has 0 radical (unpaired) electrons. The van der Waals surface area contributed by atoms with Gasteiger partial charge in [-0.15, -0.1) is 10.2 Å². The Kier molecular flexibility index (Phi) is 6.43. The van der Waals surface area contributed by atoms with Gasteiger partial charge in [-0.1, -0.05) is 29.5 Å². The molecule has 1 amide bonds. The number of fused-ring (bicyclic) bond motifs is 1. The van der Waals surface area contributed by atoms with Gasteiger partial charge in [0, 0.05) is 31.3 Å². The van der Waals surface area contributed by atoms with E-state index in [0.717, 1.165) is 34.0 Å². The predicted molar refractivity (Wildman–Crippen MR) is 129 cm³/mol. The zero-order valence-corrected chi connectivity index (χ0v) is 19.7. The van der Waals surface area contributed by atoms with Gasteiger partial charge in [-0.3, -0.25) is 4.79 Å². The van der Waals surface area contributed by atoms with Gasteiger partial charge in [0.1, 0.15) is 15.8 Å². The van der Waals surface area contributed by atoms with Crippen LogP contribution in [0.15, 0.2) is 36.4 Å². The van der Waals surface area contributed by atoms with Crippen LogP contribution in [-0.4, -0.2) is 47.7 Å². The van der Waals surface area contributed by atoms with Crippen LogP contribution in [0.2, 0.25) is 0 Å². The first-order valence-electron chi connectivity index (χ1n) is 10.8. The molecule has 3 N–H and O–H groups in total. The van der Waals surface area contributed by atoms with Crippen LogP contribution in [0, 0.1) is 0 Å². The molecule has 1 atom stereocenters. The van der Waals surface area contributed by atoms with Crippen LogP contribution in [0.3, 0.4) is 0 Å². The molecular weight excluding hydrogens is 422 g/mol. The van der Waals surface area contributed by atoms with Crippen LogP contribution in [0.25, 0.3) is 21.1 Å². The molecule has 0 saturated heterocycles. The number of hydrogen-bond donors (Lipinski definition) is 2. The first-order chi connectivity index (χ1) is 15.3. The highest BCUT2D eigenvalue weighted by Crippen LogP contribution is 2.40. The number of aromatic nitrogens is 2. The van der Waals surface area contributed by atoms with Crippen molar-refractivity contribution in [1.82, 2.24) is 20.4 Å². The molecule has 32 heavy (non-hydrogen) atoms. The number of carbonyl (C=O) groups excluding carboxylic acids is 1. The number of nitrogens with one attached hydrogen (secondary N) is 1. The standard InChI is InChI=1S/C24H29N5O2S/c1-14(2)31-21-11-8-15(12-19(21)25)23-27-28-24(32-23)18-7-5-6-17-16(18)9-10-20(17)26-13-22(30)29(3)4/h5-8,11-12,14,20,26H,9-10,13,25H2,1-4H3/t20-/m0/s1. The van der Waals surface area contributed by atoms with Gasteiger partial charge in [-0.05, 0) is 56.0 Å². The Bertz CT molecular complexity index is 1130. The smallest absolute Gasteiger partial charge is 0.236 e. The topological polar surface area (TPSA) is 93.4 Å². The summed E-state index contributed by atoms with van der Waals surface area (Å²) in [5.74, 6) is 0.758. The van der Waals surface area contributed by atoms with Crippen molar-refractivity contribution in [2.75, 3.05) is 26.4 Å². The minimum atomic E-state index is 0.0655. The minimum Gasteiger partial charge on any atom is -0.489 e. The second-order valence-corrected chi connectivity index (χ2v) is 9.44. The average molecular weight is 452 g/mol. The predicted octanol–water partition coefficient (Wildman–Crippen LogP) is 3.91. The Morgan fingerprint density at radius 2 is 2.03 bits per heavy atom. The molecule has 0 fully saturated rings. The van der Waals surface area contributed by atoms with Crippen molar-refractivity contribution in [2.45, 2.75) is 38.8 Å².